The molecule has 0 saturated carbocycles. The van der Waals surface area contributed by atoms with Crippen LogP contribution in [0.3, 0.4) is 0 Å². The standard InChI is InChI=1S/C12H13NO2/c1-4-9-6-11(12(14)15-3)10(7-13)5-8(9)2/h5-6H,4H2,1-3H3. The molecule has 0 aliphatic carbocycles. The van der Waals surface area contributed by atoms with Gasteiger partial charge in [-0.25, -0.2) is 4.79 Å². The molecule has 3 heteroatoms. The monoisotopic (exact) mass is 203 g/mol. The highest BCUT2D eigenvalue weighted by Crippen LogP contribution is 2.17. The van der Waals surface area contributed by atoms with Crippen LogP contribution in [-0.2, 0) is 11.2 Å². The van der Waals surface area contributed by atoms with E-state index in [1.54, 1.807) is 12.1 Å². The minimum Gasteiger partial charge on any atom is -0.465 e. The molecule has 1 aromatic rings. The number of esters is 1. The van der Waals surface area contributed by atoms with Crippen molar-refractivity contribution >= 4 is 5.97 Å². The molecule has 78 valence electrons. The summed E-state index contributed by atoms with van der Waals surface area (Å²) >= 11 is 0. The molecule has 0 aromatic heterocycles. The van der Waals surface area contributed by atoms with Gasteiger partial charge in [0.25, 0.3) is 0 Å². The van der Waals surface area contributed by atoms with E-state index in [-0.39, 0.29) is 0 Å². The van der Waals surface area contributed by atoms with E-state index < -0.39 is 5.97 Å². The Bertz CT molecular complexity index is 430. The summed E-state index contributed by atoms with van der Waals surface area (Å²) in [5, 5.41) is 8.89. The molecule has 0 aliphatic heterocycles. The zero-order chi connectivity index (χ0) is 11.4. The quantitative estimate of drug-likeness (QED) is 0.692. The van der Waals surface area contributed by atoms with Crippen LogP contribution in [0, 0.1) is 18.3 Å². The molecule has 15 heavy (non-hydrogen) atoms. The van der Waals surface area contributed by atoms with Crippen LogP contribution in [0.25, 0.3) is 0 Å². The van der Waals surface area contributed by atoms with Crippen LogP contribution in [0.2, 0.25) is 0 Å². The molecule has 0 saturated heterocycles. The Kier molecular flexibility index (Phi) is 3.46. The Labute approximate surface area is 89.3 Å². The molecule has 1 rings (SSSR count). The van der Waals surface area contributed by atoms with Gasteiger partial charge < -0.3 is 4.74 Å². The first kappa shape index (κ1) is 11.3. The summed E-state index contributed by atoms with van der Waals surface area (Å²) in [6, 6.07) is 5.47. The number of ether oxygens (including phenoxy) is 1. The van der Waals surface area contributed by atoms with Gasteiger partial charge in [-0.05, 0) is 36.6 Å². The molecule has 0 amide bonds. The molecular weight excluding hydrogens is 190 g/mol. The molecule has 0 heterocycles. The van der Waals surface area contributed by atoms with E-state index in [2.05, 4.69) is 4.74 Å². The van der Waals surface area contributed by atoms with Gasteiger partial charge in [-0.1, -0.05) is 6.92 Å². The summed E-state index contributed by atoms with van der Waals surface area (Å²) < 4.78 is 4.63. The van der Waals surface area contributed by atoms with Gasteiger partial charge in [0.05, 0.1) is 18.2 Å². The fraction of sp³-hybridized carbons (Fsp3) is 0.333. The van der Waals surface area contributed by atoms with Gasteiger partial charge in [-0.2, -0.15) is 5.26 Å². The minimum atomic E-state index is -0.457. The van der Waals surface area contributed by atoms with Crippen LogP contribution in [0.1, 0.15) is 34.0 Å². The molecule has 0 spiro atoms. The topological polar surface area (TPSA) is 50.1 Å². The Morgan fingerprint density at radius 3 is 2.67 bits per heavy atom. The summed E-state index contributed by atoms with van der Waals surface area (Å²) in [4.78, 5) is 11.4. The number of rotatable bonds is 2. The van der Waals surface area contributed by atoms with E-state index >= 15 is 0 Å². The SMILES string of the molecule is CCc1cc(C(=O)OC)c(C#N)cc1C. The summed E-state index contributed by atoms with van der Waals surface area (Å²) in [5.41, 5.74) is 2.81. The van der Waals surface area contributed by atoms with Gasteiger partial charge in [0, 0.05) is 0 Å². The second kappa shape index (κ2) is 4.61. The summed E-state index contributed by atoms with van der Waals surface area (Å²) in [7, 11) is 1.31. The average Bonchev–Trinajstić information content (AvgIpc) is 2.27. The molecule has 0 radical (unpaired) electrons. The molecule has 3 nitrogen and oxygen atoms in total. The van der Waals surface area contributed by atoms with Crippen molar-refractivity contribution in [2.75, 3.05) is 7.11 Å². The number of nitrogens with zero attached hydrogens (tertiary/aromatic N) is 1. The number of benzene rings is 1. The predicted octanol–water partition coefficient (Wildman–Crippen LogP) is 2.22. The van der Waals surface area contributed by atoms with Gasteiger partial charge in [0.15, 0.2) is 0 Å². The van der Waals surface area contributed by atoms with Crippen molar-refractivity contribution in [3.05, 3.63) is 34.4 Å². The third-order valence-electron chi connectivity index (χ3n) is 2.38. The number of methoxy groups -OCH3 is 1. The third kappa shape index (κ3) is 2.16. The Morgan fingerprint density at radius 1 is 1.53 bits per heavy atom. The predicted molar refractivity (Wildman–Crippen MR) is 56.6 cm³/mol. The molecule has 0 aliphatic rings. The number of carbonyl (C=O) groups is 1. The highest BCUT2D eigenvalue weighted by atomic mass is 16.5. The molecule has 0 bridgehead atoms. The number of nitriles is 1. The third-order valence-corrected chi connectivity index (χ3v) is 2.38. The number of hydrogen-bond donors (Lipinski definition) is 0. The molecule has 0 N–H and O–H groups in total. The van der Waals surface area contributed by atoms with Crippen LogP contribution >= 0.6 is 0 Å². The molecular formula is C12H13NO2. The summed E-state index contributed by atoms with van der Waals surface area (Å²) in [6.07, 6.45) is 0.835. The maximum Gasteiger partial charge on any atom is 0.339 e. The fourth-order valence-corrected chi connectivity index (χ4v) is 1.51. The summed E-state index contributed by atoms with van der Waals surface area (Å²) in [5.74, 6) is -0.457. The van der Waals surface area contributed by atoms with Gasteiger partial charge in [-0.3, -0.25) is 0 Å². The lowest BCUT2D eigenvalue weighted by atomic mass is 9.98. The second-order valence-corrected chi connectivity index (χ2v) is 3.28. The van der Waals surface area contributed by atoms with Gasteiger partial charge in [0.1, 0.15) is 6.07 Å². The zero-order valence-corrected chi connectivity index (χ0v) is 9.13. The van der Waals surface area contributed by atoms with Crippen LogP contribution in [0.15, 0.2) is 12.1 Å². The Hall–Kier alpha value is -1.82. The highest BCUT2D eigenvalue weighted by Gasteiger charge is 2.13. The minimum absolute atomic E-state index is 0.349. The summed E-state index contributed by atoms with van der Waals surface area (Å²) in [6.45, 7) is 3.94. The van der Waals surface area contributed by atoms with Crippen molar-refractivity contribution in [1.82, 2.24) is 0 Å². The highest BCUT2D eigenvalue weighted by molar-refractivity contribution is 5.92. The van der Waals surface area contributed by atoms with Crippen LogP contribution in [0.4, 0.5) is 0 Å². The maximum absolute atomic E-state index is 11.4. The number of hydrogen-bond acceptors (Lipinski definition) is 3. The Balaban J connectivity index is 3.37. The van der Waals surface area contributed by atoms with E-state index in [4.69, 9.17) is 5.26 Å². The zero-order valence-electron chi connectivity index (χ0n) is 9.13. The lowest BCUT2D eigenvalue weighted by Gasteiger charge is -2.07. The molecule has 0 atom stereocenters. The van der Waals surface area contributed by atoms with Crippen LogP contribution < -0.4 is 0 Å². The van der Waals surface area contributed by atoms with Crippen molar-refractivity contribution < 1.29 is 9.53 Å². The molecule has 0 fully saturated rings. The first-order valence-corrected chi connectivity index (χ1v) is 4.76. The van der Waals surface area contributed by atoms with Gasteiger partial charge in [0.2, 0.25) is 0 Å². The van der Waals surface area contributed by atoms with E-state index in [1.807, 2.05) is 19.9 Å². The number of carbonyl (C=O) groups excluding carboxylic acids is 1. The van der Waals surface area contributed by atoms with Crippen LogP contribution in [-0.4, -0.2) is 13.1 Å². The first-order valence-electron chi connectivity index (χ1n) is 4.76. The smallest absolute Gasteiger partial charge is 0.339 e. The lowest BCUT2D eigenvalue weighted by Crippen LogP contribution is -2.06. The molecule has 0 unspecified atom stereocenters. The van der Waals surface area contributed by atoms with Crippen molar-refractivity contribution in [3.8, 4) is 6.07 Å². The molecule has 1 aromatic carbocycles. The fourth-order valence-electron chi connectivity index (χ4n) is 1.51. The van der Waals surface area contributed by atoms with Crippen LogP contribution in [0.5, 0.6) is 0 Å². The van der Waals surface area contributed by atoms with Crippen molar-refractivity contribution in [2.45, 2.75) is 20.3 Å². The van der Waals surface area contributed by atoms with Crippen molar-refractivity contribution in [3.63, 3.8) is 0 Å². The maximum atomic E-state index is 11.4. The van der Waals surface area contributed by atoms with E-state index in [0.29, 0.717) is 11.1 Å². The number of aryl methyl sites for hydroxylation is 2. The largest absolute Gasteiger partial charge is 0.465 e. The average molecular weight is 203 g/mol. The van der Waals surface area contributed by atoms with E-state index in [0.717, 1.165) is 17.5 Å². The second-order valence-electron chi connectivity index (χ2n) is 3.28. The van der Waals surface area contributed by atoms with Crippen molar-refractivity contribution in [2.24, 2.45) is 0 Å². The lowest BCUT2D eigenvalue weighted by molar-refractivity contribution is 0.0600. The van der Waals surface area contributed by atoms with E-state index in [9.17, 15) is 4.79 Å². The van der Waals surface area contributed by atoms with E-state index in [1.165, 1.54) is 7.11 Å². The first-order chi connectivity index (χ1) is 7.13. The van der Waals surface area contributed by atoms with Crippen molar-refractivity contribution in [1.29, 1.82) is 5.26 Å². The van der Waals surface area contributed by atoms with Gasteiger partial charge in [-0.15, -0.1) is 0 Å². The van der Waals surface area contributed by atoms with Gasteiger partial charge >= 0.3 is 5.97 Å². The Morgan fingerprint density at radius 2 is 2.20 bits per heavy atom. The normalized spacial score (nSPS) is 9.47.